The predicted octanol–water partition coefficient (Wildman–Crippen LogP) is 5.03. The number of hydrogen-bond donors (Lipinski definition) is 1. The maximum Gasteiger partial charge on any atom is 0.229 e. The van der Waals surface area contributed by atoms with Gasteiger partial charge in [-0.3, -0.25) is 4.79 Å². The summed E-state index contributed by atoms with van der Waals surface area (Å²) in [5.74, 6) is 1.18. The average Bonchev–Trinajstić information content (AvgIpc) is 3.04. The van der Waals surface area contributed by atoms with E-state index in [9.17, 15) is 4.79 Å². The summed E-state index contributed by atoms with van der Waals surface area (Å²) in [5, 5.41) is 3.91. The lowest BCUT2D eigenvalue weighted by atomic mass is 10.0. The minimum absolute atomic E-state index is 0.134. The fourth-order valence-electron chi connectivity index (χ4n) is 3.04. The Kier molecular flexibility index (Phi) is 5.69. The predicted molar refractivity (Wildman–Crippen MR) is 107 cm³/mol. The molecule has 1 aromatic heterocycles. The van der Waals surface area contributed by atoms with Crippen LogP contribution in [0.5, 0.6) is 11.5 Å². The lowest BCUT2D eigenvalue weighted by molar-refractivity contribution is -0.115. The van der Waals surface area contributed by atoms with Crippen LogP contribution >= 0.6 is 0 Å². The van der Waals surface area contributed by atoms with Crippen LogP contribution in [0, 0.1) is 13.8 Å². The number of furan rings is 1. The molecule has 27 heavy (non-hydrogen) atoms. The van der Waals surface area contributed by atoms with Gasteiger partial charge in [0.2, 0.25) is 5.91 Å². The van der Waals surface area contributed by atoms with Crippen molar-refractivity contribution in [1.29, 1.82) is 0 Å². The van der Waals surface area contributed by atoms with Crippen molar-refractivity contribution in [2.75, 3.05) is 18.5 Å². The molecule has 1 N–H and O–H groups in total. The number of hydrogen-bond acceptors (Lipinski definition) is 4. The Morgan fingerprint density at radius 3 is 2.59 bits per heavy atom. The molecular formula is C22H25NO4. The number of rotatable bonds is 7. The Hall–Kier alpha value is -2.95. The summed E-state index contributed by atoms with van der Waals surface area (Å²) in [6.45, 7) is 8.97. The number of benzene rings is 2. The summed E-state index contributed by atoms with van der Waals surface area (Å²) in [6, 6.07) is 9.48. The van der Waals surface area contributed by atoms with Gasteiger partial charge in [-0.1, -0.05) is 12.1 Å². The highest BCUT2D eigenvalue weighted by Gasteiger charge is 2.15. The van der Waals surface area contributed by atoms with Crippen LogP contribution in [0.15, 0.2) is 41.0 Å². The number of nitrogens with one attached hydrogen (secondary N) is 1. The normalized spacial score (nSPS) is 10.8. The van der Waals surface area contributed by atoms with Crippen molar-refractivity contribution in [2.45, 2.75) is 34.1 Å². The van der Waals surface area contributed by atoms with Crippen LogP contribution in [0.4, 0.5) is 5.69 Å². The van der Waals surface area contributed by atoms with Gasteiger partial charge in [0.1, 0.15) is 17.1 Å². The van der Waals surface area contributed by atoms with E-state index in [-0.39, 0.29) is 12.3 Å². The Bertz CT molecular complexity index is 958. The number of carbonyl (C=O) groups is 1. The van der Waals surface area contributed by atoms with E-state index < -0.39 is 0 Å². The number of anilines is 1. The quantitative estimate of drug-likeness (QED) is 0.636. The van der Waals surface area contributed by atoms with Crippen LogP contribution in [0.1, 0.15) is 30.5 Å². The summed E-state index contributed by atoms with van der Waals surface area (Å²) < 4.78 is 16.8. The van der Waals surface area contributed by atoms with Gasteiger partial charge in [0, 0.05) is 17.0 Å². The van der Waals surface area contributed by atoms with E-state index in [0.29, 0.717) is 30.4 Å². The van der Waals surface area contributed by atoms with Crippen molar-refractivity contribution >= 4 is 22.6 Å². The molecule has 5 nitrogen and oxygen atoms in total. The first-order chi connectivity index (χ1) is 13.0. The first kappa shape index (κ1) is 18.8. The van der Waals surface area contributed by atoms with Crippen LogP contribution in [-0.2, 0) is 11.2 Å². The van der Waals surface area contributed by atoms with Gasteiger partial charge in [-0.05, 0) is 51.0 Å². The molecule has 0 atom stereocenters. The summed E-state index contributed by atoms with van der Waals surface area (Å²) in [6.07, 6.45) is 1.89. The number of fused-ring (bicyclic) bond motifs is 1. The largest absolute Gasteiger partial charge is 0.494 e. The minimum Gasteiger partial charge on any atom is -0.494 e. The number of amides is 1. The van der Waals surface area contributed by atoms with Gasteiger partial charge >= 0.3 is 0 Å². The highest BCUT2D eigenvalue weighted by Crippen LogP contribution is 2.30. The molecule has 1 amide bonds. The van der Waals surface area contributed by atoms with E-state index in [1.807, 2.05) is 52.0 Å². The third-order valence-electron chi connectivity index (χ3n) is 4.53. The molecule has 5 heteroatoms. The molecule has 0 saturated carbocycles. The maximum absolute atomic E-state index is 12.7. The van der Waals surface area contributed by atoms with Crippen LogP contribution < -0.4 is 14.8 Å². The molecule has 2 aromatic carbocycles. The monoisotopic (exact) mass is 367 g/mol. The van der Waals surface area contributed by atoms with Gasteiger partial charge in [-0.15, -0.1) is 0 Å². The Morgan fingerprint density at radius 1 is 1.07 bits per heavy atom. The summed E-state index contributed by atoms with van der Waals surface area (Å²) >= 11 is 0. The molecule has 0 unspecified atom stereocenters. The van der Waals surface area contributed by atoms with Crippen molar-refractivity contribution in [2.24, 2.45) is 0 Å². The van der Waals surface area contributed by atoms with Crippen molar-refractivity contribution in [1.82, 2.24) is 0 Å². The zero-order valence-corrected chi connectivity index (χ0v) is 16.2. The van der Waals surface area contributed by atoms with E-state index in [4.69, 9.17) is 13.9 Å². The summed E-state index contributed by atoms with van der Waals surface area (Å²) in [4.78, 5) is 12.7. The first-order valence-electron chi connectivity index (χ1n) is 9.19. The highest BCUT2D eigenvalue weighted by molar-refractivity contribution is 5.97. The number of ether oxygens (including phenoxy) is 2. The van der Waals surface area contributed by atoms with Crippen LogP contribution in [-0.4, -0.2) is 19.1 Å². The van der Waals surface area contributed by atoms with E-state index in [1.54, 1.807) is 12.3 Å². The van der Waals surface area contributed by atoms with Crippen molar-refractivity contribution < 1.29 is 18.7 Å². The van der Waals surface area contributed by atoms with Crippen molar-refractivity contribution in [3.63, 3.8) is 0 Å². The van der Waals surface area contributed by atoms with Gasteiger partial charge in [-0.25, -0.2) is 0 Å². The van der Waals surface area contributed by atoms with Crippen LogP contribution in [0.3, 0.4) is 0 Å². The zero-order chi connectivity index (χ0) is 19.4. The number of carbonyl (C=O) groups excluding carboxylic acids is 1. The van der Waals surface area contributed by atoms with E-state index in [0.717, 1.165) is 22.1 Å². The standard InChI is InChI=1S/C22H25NO4/c1-5-25-17-8-10-20(26-6-2)19(12-17)23-21(24)11-16-13-27-22-15(4)14(3)7-9-18(16)22/h7-10,12-13H,5-6,11H2,1-4H3,(H,23,24). The van der Waals surface area contributed by atoms with Gasteiger partial charge in [0.05, 0.1) is 31.6 Å². The highest BCUT2D eigenvalue weighted by atomic mass is 16.5. The molecule has 142 valence electrons. The second-order valence-electron chi connectivity index (χ2n) is 6.39. The Labute approximate surface area is 159 Å². The molecule has 0 radical (unpaired) electrons. The SMILES string of the molecule is CCOc1ccc(OCC)c(NC(=O)Cc2coc3c(C)c(C)ccc23)c1. The Morgan fingerprint density at radius 2 is 1.85 bits per heavy atom. The van der Waals surface area contributed by atoms with Crippen LogP contribution in [0.25, 0.3) is 11.0 Å². The second-order valence-corrected chi connectivity index (χ2v) is 6.39. The molecule has 0 aliphatic rings. The fraction of sp³-hybridized carbons (Fsp3) is 0.318. The van der Waals surface area contributed by atoms with Gasteiger partial charge in [0.25, 0.3) is 0 Å². The smallest absolute Gasteiger partial charge is 0.229 e. The maximum atomic E-state index is 12.7. The van der Waals surface area contributed by atoms with E-state index >= 15 is 0 Å². The molecule has 0 bridgehead atoms. The van der Waals surface area contributed by atoms with E-state index in [1.165, 1.54) is 5.56 Å². The summed E-state index contributed by atoms with van der Waals surface area (Å²) in [5.41, 5.74) is 4.58. The third kappa shape index (κ3) is 4.08. The van der Waals surface area contributed by atoms with E-state index in [2.05, 4.69) is 5.32 Å². The number of aryl methyl sites for hydroxylation is 2. The van der Waals surface area contributed by atoms with Gasteiger partial charge in [-0.2, -0.15) is 0 Å². The fourth-order valence-corrected chi connectivity index (χ4v) is 3.04. The lowest BCUT2D eigenvalue weighted by Gasteiger charge is -2.13. The average molecular weight is 367 g/mol. The first-order valence-corrected chi connectivity index (χ1v) is 9.19. The summed E-state index contributed by atoms with van der Waals surface area (Å²) in [7, 11) is 0. The molecule has 0 saturated heterocycles. The van der Waals surface area contributed by atoms with Crippen LogP contribution in [0.2, 0.25) is 0 Å². The molecule has 0 fully saturated rings. The van der Waals surface area contributed by atoms with Crippen molar-refractivity contribution in [3.05, 3.63) is 53.3 Å². The molecular weight excluding hydrogens is 342 g/mol. The van der Waals surface area contributed by atoms with Gasteiger partial charge < -0.3 is 19.2 Å². The minimum atomic E-state index is -0.134. The molecule has 0 aliphatic heterocycles. The van der Waals surface area contributed by atoms with Crippen molar-refractivity contribution in [3.8, 4) is 11.5 Å². The third-order valence-corrected chi connectivity index (χ3v) is 4.53. The Balaban J connectivity index is 1.81. The lowest BCUT2D eigenvalue weighted by Crippen LogP contribution is -2.15. The van der Waals surface area contributed by atoms with Gasteiger partial charge in [0.15, 0.2) is 0 Å². The topological polar surface area (TPSA) is 60.7 Å². The second kappa shape index (κ2) is 8.16. The molecule has 0 spiro atoms. The zero-order valence-electron chi connectivity index (χ0n) is 16.2. The molecule has 3 aromatic rings. The molecule has 1 heterocycles. The molecule has 0 aliphatic carbocycles. The molecule has 3 rings (SSSR count).